The van der Waals surface area contributed by atoms with E-state index in [0.29, 0.717) is 0 Å². The molecule has 0 saturated heterocycles. The molecule has 1 unspecified atom stereocenters. The van der Waals surface area contributed by atoms with Crippen molar-refractivity contribution >= 4 is 5.69 Å². The number of hydrogen-bond donors (Lipinski definition) is 1. The van der Waals surface area contributed by atoms with Gasteiger partial charge in [0.1, 0.15) is 0 Å². The van der Waals surface area contributed by atoms with E-state index in [1.807, 2.05) is 0 Å². The van der Waals surface area contributed by atoms with Crippen molar-refractivity contribution in [3.8, 4) is 0 Å². The molecule has 104 valence electrons. The van der Waals surface area contributed by atoms with E-state index in [4.69, 9.17) is 0 Å². The topological polar surface area (TPSA) is 15.3 Å². The van der Waals surface area contributed by atoms with Crippen LogP contribution in [-0.4, -0.2) is 26.7 Å². The van der Waals surface area contributed by atoms with E-state index in [9.17, 15) is 0 Å². The van der Waals surface area contributed by atoms with Gasteiger partial charge in [-0.25, -0.2) is 0 Å². The maximum absolute atomic E-state index is 3.29. The smallest absolute Gasteiger partial charge is 0.0402 e. The molecule has 1 aromatic carbocycles. The lowest BCUT2D eigenvalue weighted by Gasteiger charge is -2.23. The van der Waals surface area contributed by atoms with Gasteiger partial charge in [-0.05, 0) is 50.4 Å². The van der Waals surface area contributed by atoms with Gasteiger partial charge < -0.3 is 10.2 Å². The van der Waals surface area contributed by atoms with Crippen molar-refractivity contribution in [2.75, 3.05) is 31.6 Å². The van der Waals surface area contributed by atoms with Gasteiger partial charge in [-0.1, -0.05) is 31.0 Å². The van der Waals surface area contributed by atoms with Gasteiger partial charge in [-0.2, -0.15) is 0 Å². The Labute approximate surface area is 117 Å². The van der Waals surface area contributed by atoms with Gasteiger partial charge in [-0.3, -0.25) is 0 Å². The molecule has 19 heavy (non-hydrogen) atoms. The minimum atomic E-state index is 0.727. The second kappa shape index (κ2) is 5.96. The SMILES string of the molecule is CNCCC1CN(CC2CCCC2)c2ccccc21. The molecule has 0 spiro atoms. The van der Waals surface area contributed by atoms with Crippen molar-refractivity contribution in [2.45, 2.75) is 38.0 Å². The quantitative estimate of drug-likeness (QED) is 0.871. The molecule has 2 heteroatoms. The van der Waals surface area contributed by atoms with Crippen molar-refractivity contribution in [2.24, 2.45) is 5.92 Å². The Morgan fingerprint density at radius 2 is 2.00 bits per heavy atom. The number of benzene rings is 1. The first-order chi connectivity index (χ1) is 9.38. The Morgan fingerprint density at radius 1 is 1.21 bits per heavy atom. The van der Waals surface area contributed by atoms with E-state index in [1.54, 1.807) is 5.56 Å². The predicted octanol–water partition coefficient (Wildman–Crippen LogP) is 3.39. The fraction of sp³-hybridized carbons (Fsp3) is 0.647. The Bertz CT molecular complexity index is 409. The van der Waals surface area contributed by atoms with E-state index in [2.05, 4.69) is 41.5 Å². The zero-order valence-corrected chi connectivity index (χ0v) is 12.1. The van der Waals surface area contributed by atoms with Crippen LogP contribution < -0.4 is 10.2 Å². The molecule has 1 saturated carbocycles. The summed E-state index contributed by atoms with van der Waals surface area (Å²) in [7, 11) is 2.05. The van der Waals surface area contributed by atoms with Crippen LogP contribution >= 0.6 is 0 Å². The third-order valence-electron chi connectivity index (χ3n) is 4.85. The zero-order chi connectivity index (χ0) is 13.1. The van der Waals surface area contributed by atoms with E-state index in [1.165, 1.54) is 50.9 Å². The largest absolute Gasteiger partial charge is 0.370 e. The summed E-state index contributed by atoms with van der Waals surface area (Å²) in [5.41, 5.74) is 3.09. The number of nitrogens with one attached hydrogen (secondary N) is 1. The molecule has 1 fully saturated rings. The van der Waals surface area contributed by atoms with Gasteiger partial charge in [0, 0.05) is 24.7 Å². The number of fused-ring (bicyclic) bond motifs is 1. The molecule has 0 amide bonds. The molecule has 1 aliphatic heterocycles. The average Bonchev–Trinajstić information content (AvgIpc) is 3.06. The van der Waals surface area contributed by atoms with Crippen molar-refractivity contribution in [3.63, 3.8) is 0 Å². The van der Waals surface area contributed by atoms with E-state index < -0.39 is 0 Å². The molecule has 1 aliphatic carbocycles. The normalized spacial score (nSPS) is 23.0. The van der Waals surface area contributed by atoms with Crippen LogP contribution in [0.5, 0.6) is 0 Å². The number of rotatable bonds is 5. The van der Waals surface area contributed by atoms with Gasteiger partial charge in [0.25, 0.3) is 0 Å². The molecule has 2 aliphatic rings. The van der Waals surface area contributed by atoms with Crippen molar-refractivity contribution in [3.05, 3.63) is 29.8 Å². The maximum atomic E-state index is 3.29. The second-order valence-electron chi connectivity index (χ2n) is 6.20. The van der Waals surface area contributed by atoms with Crippen LogP contribution in [0.15, 0.2) is 24.3 Å². The first kappa shape index (κ1) is 13.0. The number of anilines is 1. The summed E-state index contributed by atoms with van der Waals surface area (Å²) in [4.78, 5) is 2.66. The molecule has 1 N–H and O–H groups in total. The molecule has 1 aromatic rings. The molecule has 0 bridgehead atoms. The Balaban J connectivity index is 1.72. The third kappa shape index (κ3) is 2.79. The highest BCUT2D eigenvalue weighted by Gasteiger charge is 2.29. The van der Waals surface area contributed by atoms with Gasteiger partial charge >= 0.3 is 0 Å². The van der Waals surface area contributed by atoms with Gasteiger partial charge in [0.2, 0.25) is 0 Å². The van der Waals surface area contributed by atoms with Crippen molar-refractivity contribution in [1.82, 2.24) is 5.32 Å². The van der Waals surface area contributed by atoms with E-state index in [0.717, 1.165) is 18.4 Å². The molecule has 1 heterocycles. The average molecular weight is 258 g/mol. The minimum Gasteiger partial charge on any atom is -0.370 e. The summed E-state index contributed by atoms with van der Waals surface area (Å²) < 4.78 is 0. The van der Waals surface area contributed by atoms with Crippen LogP contribution in [0.1, 0.15) is 43.6 Å². The summed E-state index contributed by atoms with van der Waals surface area (Å²) in [6.07, 6.45) is 7.04. The Kier molecular flexibility index (Phi) is 4.07. The molecule has 3 rings (SSSR count). The zero-order valence-electron chi connectivity index (χ0n) is 12.1. The van der Waals surface area contributed by atoms with Crippen molar-refractivity contribution < 1.29 is 0 Å². The van der Waals surface area contributed by atoms with Gasteiger partial charge in [0.15, 0.2) is 0 Å². The Morgan fingerprint density at radius 3 is 2.79 bits per heavy atom. The maximum Gasteiger partial charge on any atom is 0.0402 e. The molecular weight excluding hydrogens is 232 g/mol. The summed E-state index contributed by atoms with van der Waals surface area (Å²) in [6.45, 7) is 3.64. The summed E-state index contributed by atoms with van der Waals surface area (Å²) in [6, 6.07) is 9.05. The van der Waals surface area contributed by atoms with E-state index >= 15 is 0 Å². The number of hydrogen-bond acceptors (Lipinski definition) is 2. The summed E-state index contributed by atoms with van der Waals surface area (Å²) >= 11 is 0. The fourth-order valence-corrected chi connectivity index (χ4v) is 3.83. The molecular formula is C17H26N2. The first-order valence-corrected chi connectivity index (χ1v) is 7.87. The predicted molar refractivity (Wildman–Crippen MR) is 81.9 cm³/mol. The lowest BCUT2D eigenvalue weighted by atomic mass is 9.98. The van der Waals surface area contributed by atoms with Crippen molar-refractivity contribution in [1.29, 1.82) is 0 Å². The van der Waals surface area contributed by atoms with Crippen LogP contribution in [0.2, 0.25) is 0 Å². The van der Waals surface area contributed by atoms with Crippen LogP contribution in [0.3, 0.4) is 0 Å². The molecule has 0 aromatic heterocycles. The van der Waals surface area contributed by atoms with Crippen LogP contribution in [-0.2, 0) is 0 Å². The minimum absolute atomic E-state index is 0.727. The molecule has 0 radical (unpaired) electrons. The highest BCUT2D eigenvalue weighted by Crippen LogP contribution is 2.39. The van der Waals surface area contributed by atoms with Crippen LogP contribution in [0.4, 0.5) is 5.69 Å². The fourth-order valence-electron chi connectivity index (χ4n) is 3.83. The molecule has 1 atom stereocenters. The lowest BCUT2D eigenvalue weighted by molar-refractivity contribution is 0.521. The van der Waals surface area contributed by atoms with Gasteiger partial charge in [-0.15, -0.1) is 0 Å². The Hall–Kier alpha value is -1.02. The first-order valence-electron chi connectivity index (χ1n) is 7.87. The summed E-state index contributed by atoms with van der Waals surface area (Å²) in [5.74, 6) is 1.67. The van der Waals surface area contributed by atoms with Crippen LogP contribution in [0, 0.1) is 5.92 Å². The highest BCUT2D eigenvalue weighted by molar-refractivity contribution is 5.60. The number of para-hydroxylation sites is 1. The third-order valence-corrected chi connectivity index (χ3v) is 4.85. The highest BCUT2D eigenvalue weighted by atomic mass is 15.2. The molecule has 2 nitrogen and oxygen atoms in total. The van der Waals surface area contributed by atoms with Gasteiger partial charge in [0.05, 0.1) is 0 Å². The lowest BCUT2D eigenvalue weighted by Crippen LogP contribution is -2.28. The van der Waals surface area contributed by atoms with E-state index in [-0.39, 0.29) is 0 Å². The summed E-state index contributed by atoms with van der Waals surface area (Å²) in [5, 5.41) is 3.29. The van der Waals surface area contributed by atoms with Crippen LogP contribution in [0.25, 0.3) is 0 Å². The number of nitrogens with zero attached hydrogens (tertiary/aromatic N) is 1. The second-order valence-corrected chi connectivity index (χ2v) is 6.20. The monoisotopic (exact) mass is 258 g/mol. The standard InChI is InChI=1S/C17H26N2/c1-18-11-10-15-13-19(12-14-6-2-3-7-14)17-9-5-4-8-16(15)17/h4-5,8-9,14-15,18H,2-3,6-7,10-13H2,1H3.